The van der Waals surface area contributed by atoms with Crippen molar-refractivity contribution in [3.63, 3.8) is 0 Å². The van der Waals surface area contributed by atoms with Gasteiger partial charge in [0.15, 0.2) is 0 Å². The molecule has 0 saturated carbocycles. The second-order valence-electron chi connectivity index (χ2n) is 4.21. The van der Waals surface area contributed by atoms with Crippen molar-refractivity contribution in [2.24, 2.45) is 0 Å². The van der Waals surface area contributed by atoms with Crippen LogP contribution in [0, 0.1) is 13.8 Å². The lowest BCUT2D eigenvalue weighted by Crippen LogP contribution is -2.14. The first-order valence-corrected chi connectivity index (χ1v) is 6.12. The van der Waals surface area contributed by atoms with Crippen LogP contribution >= 0.6 is 15.9 Å². The molecule has 2 rings (SSSR count). The van der Waals surface area contributed by atoms with Crippen LogP contribution in [0.4, 0.5) is 0 Å². The lowest BCUT2D eigenvalue weighted by Gasteiger charge is -2.18. The van der Waals surface area contributed by atoms with Gasteiger partial charge in [-0.15, -0.1) is 0 Å². The molecule has 1 saturated heterocycles. The number of nitrogens with one attached hydrogen (secondary N) is 1. The van der Waals surface area contributed by atoms with E-state index in [-0.39, 0.29) is 0 Å². The summed E-state index contributed by atoms with van der Waals surface area (Å²) in [6, 6.07) is 2.42. The Hall–Kier alpha value is -0.540. The summed E-state index contributed by atoms with van der Waals surface area (Å²) in [5, 5.41) is 13.6. The van der Waals surface area contributed by atoms with Gasteiger partial charge in [-0.05, 0) is 44.9 Å². The van der Waals surface area contributed by atoms with E-state index in [0.717, 1.165) is 34.1 Å². The van der Waals surface area contributed by atoms with E-state index in [2.05, 4.69) is 34.2 Å². The minimum absolute atomic E-state index is 0.330. The van der Waals surface area contributed by atoms with E-state index in [1.165, 1.54) is 6.42 Å². The van der Waals surface area contributed by atoms with E-state index < -0.39 is 0 Å². The Morgan fingerprint density at radius 2 is 2.20 bits per heavy atom. The molecule has 0 amide bonds. The van der Waals surface area contributed by atoms with E-state index in [4.69, 9.17) is 0 Å². The Balaban J connectivity index is 2.50. The van der Waals surface area contributed by atoms with Crippen LogP contribution in [0.15, 0.2) is 10.5 Å². The van der Waals surface area contributed by atoms with Crippen molar-refractivity contribution in [1.29, 1.82) is 0 Å². The van der Waals surface area contributed by atoms with Crippen molar-refractivity contribution in [2.75, 3.05) is 6.54 Å². The highest BCUT2D eigenvalue weighted by Gasteiger charge is 2.22. The number of halogens is 1. The van der Waals surface area contributed by atoms with Crippen molar-refractivity contribution < 1.29 is 5.11 Å². The first-order valence-electron chi connectivity index (χ1n) is 5.33. The van der Waals surface area contributed by atoms with Gasteiger partial charge in [-0.1, -0.05) is 15.9 Å². The molecule has 0 spiro atoms. The number of hydrogen-bond donors (Lipinski definition) is 2. The highest BCUT2D eigenvalue weighted by Crippen LogP contribution is 2.38. The molecule has 0 aliphatic carbocycles. The number of rotatable bonds is 1. The predicted molar refractivity (Wildman–Crippen MR) is 65.3 cm³/mol. The molecular formula is C12H16BrNO. The van der Waals surface area contributed by atoms with Crippen LogP contribution in [0.25, 0.3) is 0 Å². The van der Waals surface area contributed by atoms with Crippen LogP contribution in [-0.4, -0.2) is 11.7 Å². The number of phenols is 1. The predicted octanol–water partition coefficient (Wildman–Crippen LogP) is 3.20. The summed E-state index contributed by atoms with van der Waals surface area (Å²) in [5.41, 5.74) is 3.17. The summed E-state index contributed by atoms with van der Waals surface area (Å²) in [6.45, 7) is 5.05. The van der Waals surface area contributed by atoms with Gasteiger partial charge >= 0.3 is 0 Å². The summed E-state index contributed by atoms with van der Waals surface area (Å²) < 4.78 is 0.985. The monoisotopic (exact) mass is 269 g/mol. The molecule has 2 nitrogen and oxygen atoms in total. The van der Waals surface area contributed by atoms with Gasteiger partial charge in [0.05, 0.1) is 0 Å². The van der Waals surface area contributed by atoms with Crippen molar-refractivity contribution >= 4 is 15.9 Å². The van der Waals surface area contributed by atoms with Crippen LogP contribution in [0.2, 0.25) is 0 Å². The average Bonchev–Trinajstić information content (AvgIpc) is 2.68. The van der Waals surface area contributed by atoms with Gasteiger partial charge in [-0.25, -0.2) is 0 Å². The molecule has 3 heteroatoms. The van der Waals surface area contributed by atoms with Gasteiger partial charge in [0.25, 0.3) is 0 Å². The maximum absolute atomic E-state index is 10.1. The zero-order valence-corrected chi connectivity index (χ0v) is 10.7. The zero-order chi connectivity index (χ0) is 11.0. The minimum atomic E-state index is 0.330. The van der Waals surface area contributed by atoms with Crippen molar-refractivity contribution in [2.45, 2.75) is 32.7 Å². The summed E-state index contributed by atoms with van der Waals surface area (Å²) in [5.74, 6) is 0.446. The summed E-state index contributed by atoms with van der Waals surface area (Å²) in [4.78, 5) is 0. The minimum Gasteiger partial charge on any atom is -0.507 e. The van der Waals surface area contributed by atoms with Gasteiger partial charge in [0.2, 0.25) is 0 Å². The van der Waals surface area contributed by atoms with E-state index >= 15 is 0 Å². The second-order valence-corrected chi connectivity index (χ2v) is 5.07. The topological polar surface area (TPSA) is 32.3 Å². The number of aryl methyl sites for hydroxylation is 1. The molecule has 1 aliphatic rings. The van der Waals surface area contributed by atoms with Crippen LogP contribution in [0.5, 0.6) is 5.75 Å². The SMILES string of the molecule is Cc1cc(Br)c(C)c(O)c1C1CCCN1. The third-order valence-electron chi connectivity index (χ3n) is 3.15. The maximum Gasteiger partial charge on any atom is 0.124 e. The summed E-state index contributed by atoms with van der Waals surface area (Å²) in [7, 11) is 0. The van der Waals surface area contributed by atoms with Gasteiger partial charge in [-0.2, -0.15) is 0 Å². The highest BCUT2D eigenvalue weighted by molar-refractivity contribution is 9.10. The third-order valence-corrected chi connectivity index (χ3v) is 3.97. The van der Waals surface area contributed by atoms with E-state index in [9.17, 15) is 5.11 Å². The van der Waals surface area contributed by atoms with Crippen molar-refractivity contribution in [3.8, 4) is 5.75 Å². The lowest BCUT2D eigenvalue weighted by molar-refractivity contribution is 0.451. The molecule has 15 heavy (non-hydrogen) atoms. The van der Waals surface area contributed by atoms with Gasteiger partial charge in [0.1, 0.15) is 5.75 Å². The van der Waals surface area contributed by atoms with Crippen LogP contribution in [0.3, 0.4) is 0 Å². The van der Waals surface area contributed by atoms with Crippen molar-refractivity contribution in [3.05, 3.63) is 27.2 Å². The number of hydrogen-bond acceptors (Lipinski definition) is 2. The number of phenolic OH excluding ortho intramolecular Hbond substituents is 1. The average molecular weight is 270 g/mol. The Bertz CT molecular complexity index is 384. The van der Waals surface area contributed by atoms with Crippen LogP contribution in [-0.2, 0) is 0 Å². The van der Waals surface area contributed by atoms with Gasteiger partial charge in [0, 0.05) is 21.6 Å². The maximum atomic E-state index is 10.1. The molecule has 1 aromatic carbocycles. The number of aromatic hydroxyl groups is 1. The fourth-order valence-corrected chi connectivity index (χ4v) is 2.78. The third kappa shape index (κ3) is 1.91. The molecule has 1 heterocycles. The molecule has 1 aromatic rings. The number of benzene rings is 1. The molecule has 0 bridgehead atoms. The molecule has 0 aromatic heterocycles. The molecular weight excluding hydrogens is 254 g/mol. The molecule has 82 valence electrons. The smallest absolute Gasteiger partial charge is 0.124 e. The summed E-state index contributed by atoms with van der Waals surface area (Å²) in [6.07, 6.45) is 2.31. The Kier molecular flexibility index (Phi) is 3.03. The quantitative estimate of drug-likeness (QED) is 0.821. The summed E-state index contributed by atoms with van der Waals surface area (Å²) >= 11 is 3.46. The molecule has 1 fully saturated rings. The van der Waals surface area contributed by atoms with Crippen LogP contribution in [0.1, 0.15) is 35.6 Å². The normalized spacial score (nSPS) is 20.9. The lowest BCUT2D eigenvalue weighted by atomic mass is 9.96. The highest BCUT2D eigenvalue weighted by atomic mass is 79.9. The molecule has 2 N–H and O–H groups in total. The molecule has 1 atom stereocenters. The van der Waals surface area contributed by atoms with E-state index in [0.29, 0.717) is 11.8 Å². The molecule has 1 unspecified atom stereocenters. The molecule has 0 radical (unpaired) electrons. The van der Waals surface area contributed by atoms with E-state index in [1.54, 1.807) is 0 Å². The first kappa shape index (κ1) is 11.0. The van der Waals surface area contributed by atoms with Gasteiger partial charge in [-0.3, -0.25) is 0 Å². The first-order chi connectivity index (χ1) is 7.11. The Morgan fingerprint density at radius 1 is 1.47 bits per heavy atom. The fourth-order valence-electron chi connectivity index (χ4n) is 2.25. The van der Waals surface area contributed by atoms with E-state index in [1.807, 2.05) is 6.92 Å². The molecule has 1 aliphatic heterocycles. The Morgan fingerprint density at radius 3 is 2.80 bits per heavy atom. The second kappa shape index (κ2) is 4.14. The van der Waals surface area contributed by atoms with Crippen molar-refractivity contribution in [1.82, 2.24) is 5.32 Å². The standard InChI is InChI=1S/C12H16BrNO/c1-7-6-9(13)8(2)12(15)11(7)10-4-3-5-14-10/h6,10,14-15H,3-5H2,1-2H3. The fraction of sp³-hybridized carbons (Fsp3) is 0.500. The zero-order valence-electron chi connectivity index (χ0n) is 9.10. The van der Waals surface area contributed by atoms with Gasteiger partial charge < -0.3 is 10.4 Å². The Labute approximate surface area is 98.8 Å². The van der Waals surface area contributed by atoms with Crippen LogP contribution < -0.4 is 5.32 Å². The largest absolute Gasteiger partial charge is 0.507 e.